The van der Waals surface area contributed by atoms with Crippen molar-refractivity contribution >= 4 is 25.7 Å². The highest BCUT2D eigenvalue weighted by Crippen LogP contribution is 2.43. The molecule has 0 aliphatic carbocycles. The molecule has 0 amide bonds. The summed E-state index contributed by atoms with van der Waals surface area (Å²) in [6, 6.07) is -1.54. The van der Waals surface area contributed by atoms with E-state index in [9.17, 15) is 23.8 Å². The Morgan fingerprint density at radius 2 is 1.17 bits per heavy atom. The molecule has 0 aliphatic heterocycles. The van der Waals surface area contributed by atoms with Crippen LogP contribution in [-0.2, 0) is 37.5 Å². The third kappa shape index (κ3) is 36.2. The summed E-state index contributed by atoms with van der Waals surface area (Å²) in [6.45, 7) is 2.54. The van der Waals surface area contributed by atoms with E-state index in [1.807, 2.05) is 6.08 Å². The lowest BCUT2D eigenvalue weighted by molar-refractivity contribution is -0.157. The number of nitrogens with two attached hydrogens (primary N) is 1. The van der Waals surface area contributed by atoms with Crippen molar-refractivity contribution in [2.24, 2.45) is 5.73 Å². The highest BCUT2D eigenvalue weighted by atomic mass is 31.2. The molecule has 54 heavy (non-hydrogen) atoms. The third-order valence-electron chi connectivity index (χ3n) is 8.36. The molecule has 0 rings (SSSR count). The summed E-state index contributed by atoms with van der Waals surface area (Å²) >= 11 is 0. The maximum Gasteiger partial charge on any atom is 0.472 e. The first-order valence-electron chi connectivity index (χ1n) is 20.4. The van der Waals surface area contributed by atoms with Crippen LogP contribution in [0.3, 0.4) is 0 Å². The van der Waals surface area contributed by atoms with Gasteiger partial charge in [-0.2, -0.15) is 0 Å². The van der Waals surface area contributed by atoms with Gasteiger partial charge in [-0.05, 0) is 51.4 Å². The topological polar surface area (TPSA) is 172 Å². The number of phosphoric acid groups is 1. The molecule has 0 aromatic carbocycles. The van der Waals surface area contributed by atoms with Crippen molar-refractivity contribution in [2.75, 3.05) is 19.8 Å². The number of rotatable bonds is 37. The van der Waals surface area contributed by atoms with Crippen LogP contribution in [0.25, 0.3) is 0 Å². The SMILES string of the molecule is CC/C=C/C/C=C/C/C=C/CCCCCCCC(=O)OC[C@H](COP(=O)(O)OC[C@H](N)C(=O)O)OC(=O)/C=C/C=C/CCCCCCCCCCCCC. The van der Waals surface area contributed by atoms with E-state index in [1.54, 1.807) is 12.2 Å². The number of allylic oxidation sites excluding steroid dienone is 9. The molecule has 0 aromatic heterocycles. The van der Waals surface area contributed by atoms with E-state index in [-0.39, 0.29) is 6.42 Å². The van der Waals surface area contributed by atoms with Gasteiger partial charge in [0.05, 0.1) is 13.2 Å². The van der Waals surface area contributed by atoms with E-state index in [1.165, 1.54) is 70.3 Å². The van der Waals surface area contributed by atoms with Crippen molar-refractivity contribution in [1.29, 1.82) is 0 Å². The Balaban J connectivity index is 4.54. The van der Waals surface area contributed by atoms with Crippen LogP contribution in [0.15, 0.2) is 60.8 Å². The number of carboxylic acids is 1. The molecule has 0 saturated heterocycles. The van der Waals surface area contributed by atoms with Crippen LogP contribution in [0, 0.1) is 0 Å². The van der Waals surface area contributed by atoms with Gasteiger partial charge in [0.25, 0.3) is 0 Å². The molecule has 0 radical (unpaired) electrons. The van der Waals surface area contributed by atoms with Crippen molar-refractivity contribution < 1.29 is 47.5 Å². The molecule has 310 valence electrons. The lowest BCUT2D eigenvalue weighted by Crippen LogP contribution is -2.34. The maximum atomic E-state index is 12.5. The number of ether oxygens (including phenoxy) is 2. The number of carbonyl (C=O) groups is 3. The van der Waals surface area contributed by atoms with E-state index in [0.29, 0.717) is 6.42 Å². The number of hydrogen-bond acceptors (Lipinski definition) is 9. The molecule has 11 nitrogen and oxygen atoms in total. The number of phosphoric ester groups is 1. The normalized spacial score (nSPS) is 14.4. The second kappa shape index (κ2) is 37.1. The minimum atomic E-state index is -4.74. The Labute approximate surface area is 326 Å². The number of unbranched alkanes of at least 4 members (excludes halogenated alkanes) is 16. The van der Waals surface area contributed by atoms with Crippen molar-refractivity contribution in [3.63, 3.8) is 0 Å². The average Bonchev–Trinajstić information content (AvgIpc) is 3.14. The molecule has 0 aromatic rings. The molecule has 3 atom stereocenters. The Morgan fingerprint density at radius 1 is 0.648 bits per heavy atom. The highest BCUT2D eigenvalue weighted by Gasteiger charge is 2.27. The van der Waals surface area contributed by atoms with Crippen LogP contribution in [0.1, 0.15) is 155 Å². The molecular formula is C42H72NO10P. The van der Waals surface area contributed by atoms with Crippen LogP contribution in [-0.4, -0.2) is 59.9 Å². The first kappa shape index (κ1) is 51.2. The summed E-state index contributed by atoms with van der Waals surface area (Å²) in [4.78, 5) is 45.7. The Hall–Kier alpha value is -2.82. The van der Waals surface area contributed by atoms with Crippen molar-refractivity contribution in [2.45, 2.75) is 167 Å². The van der Waals surface area contributed by atoms with E-state index >= 15 is 0 Å². The number of carbonyl (C=O) groups excluding carboxylic acids is 2. The third-order valence-corrected chi connectivity index (χ3v) is 9.31. The van der Waals surface area contributed by atoms with Crippen molar-refractivity contribution in [1.82, 2.24) is 0 Å². The Kier molecular flexibility index (Phi) is 35.2. The standard InChI is InChI=1S/C42H72NO10P/c1-3-5-7-9-11-13-15-17-19-21-23-25-27-29-31-33-40(44)50-35-38(36-51-54(48,49)52-37-39(43)42(46)47)53-41(45)34-32-30-28-26-24-22-20-18-16-14-12-10-8-6-4-2/h5,7,11,13,17,19,28,30,32,34,38-39H,3-4,6,8-10,12,14-16,18,20-27,29,31,33,35-37,43H2,1-2H3,(H,46,47)(H,48,49)/b7-5+,13-11+,19-17+,30-28+,34-32+/t38-,39+/m1/s1. The first-order chi connectivity index (χ1) is 26.1. The van der Waals surface area contributed by atoms with Crippen LogP contribution in [0.2, 0.25) is 0 Å². The molecule has 0 aliphatic rings. The van der Waals surface area contributed by atoms with E-state index < -0.39 is 57.7 Å². The largest absolute Gasteiger partial charge is 0.480 e. The molecule has 0 saturated carbocycles. The van der Waals surface area contributed by atoms with Crippen LogP contribution in [0.4, 0.5) is 0 Å². The first-order valence-corrected chi connectivity index (χ1v) is 21.9. The second-order valence-corrected chi connectivity index (χ2v) is 14.9. The lowest BCUT2D eigenvalue weighted by atomic mass is 10.1. The summed E-state index contributed by atoms with van der Waals surface area (Å²) < 4.78 is 32.4. The average molecular weight is 782 g/mol. The van der Waals surface area contributed by atoms with Crippen molar-refractivity contribution in [3.05, 3.63) is 60.8 Å². The predicted octanol–water partition coefficient (Wildman–Crippen LogP) is 10.4. The summed E-state index contributed by atoms with van der Waals surface area (Å²) in [5, 5.41) is 8.87. The zero-order chi connectivity index (χ0) is 40.0. The minimum Gasteiger partial charge on any atom is -0.480 e. The number of aliphatic carboxylic acids is 1. The number of carboxylic acid groups (broad SMARTS) is 1. The Bertz CT molecular complexity index is 1150. The summed E-state index contributed by atoms with van der Waals surface area (Å²) in [5.41, 5.74) is 5.31. The molecule has 0 heterocycles. The molecular weight excluding hydrogens is 709 g/mol. The highest BCUT2D eigenvalue weighted by molar-refractivity contribution is 7.47. The molecule has 1 unspecified atom stereocenters. The Morgan fingerprint density at radius 3 is 1.76 bits per heavy atom. The molecule has 0 bridgehead atoms. The zero-order valence-corrected chi connectivity index (χ0v) is 34.2. The molecule has 0 spiro atoms. The minimum absolute atomic E-state index is 0.180. The van der Waals surface area contributed by atoms with Gasteiger partial charge in [0, 0.05) is 12.5 Å². The number of esters is 2. The predicted molar refractivity (Wildman–Crippen MR) is 217 cm³/mol. The second-order valence-electron chi connectivity index (χ2n) is 13.5. The van der Waals surface area contributed by atoms with Crippen molar-refractivity contribution in [3.8, 4) is 0 Å². The van der Waals surface area contributed by atoms with Gasteiger partial charge in [-0.25, -0.2) is 9.36 Å². The molecule has 0 fully saturated rings. The van der Waals surface area contributed by atoms with Gasteiger partial charge in [0.1, 0.15) is 12.6 Å². The van der Waals surface area contributed by atoms with E-state index in [2.05, 4.69) is 54.8 Å². The maximum absolute atomic E-state index is 12.5. The van der Waals surface area contributed by atoms with Gasteiger partial charge in [0.2, 0.25) is 0 Å². The van der Waals surface area contributed by atoms with Gasteiger partial charge in [-0.3, -0.25) is 18.6 Å². The van der Waals surface area contributed by atoms with Gasteiger partial charge in [0.15, 0.2) is 6.10 Å². The van der Waals surface area contributed by atoms with Gasteiger partial charge >= 0.3 is 25.7 Å². The summed E-state index contributed by atoms with van der Waals surface area (Å²) in [5.74, 6) is -2.67. The number of hydrogen-bond donors (Lipinski definition) is 3. The van der Waals surface area contributed by atoms with Crippen LogP contribution >= 0.6 is 7.82 Å². The summed E-state index contributed by atoms with van der Waals surface area (Å²) in [6.07, 6.45) is 42.1. The lowest BCUT2D eigenvalue weighted by Gasteiger charge is -2.19. The quantitative estimate of drug-likeness (QED) is 0.0137. The van der Waals surface area contributed by atoms with E-state index in [0.717, 1.165) is 64.2 Å². The van der Waals surface area contributed by atoms with Gasteiger partial charge in [-0.1, -0.05) is 152 Å². The smallest absolute Gasteiger partial charge is 0.472 e. The fourth-order valence-corrected chi connectivity index (χ4v) is 5.94. The zero-order valence-electron chi connectivity index (χ0n) is 33.3. The van der Waals surface area contributed by atoms with Crippen LogP contribution < -0.4 is 5.73 Å². The summed E-state index contributed by atoms with van der Waals surface area (Å²) in [7, 11) is -4.74. The monoisotopic (exact) mass is 781 g/mol. The molecule has 4 N–H and O–H groups in total. The van der Waals surface area contributed by atoms with Crippen LogP contribution in [0.5, 0.6) is 0 Å². The fourth-order valence-electron chi connectivity index (χ4n) is 5.16. The molecule has 12 heteroatoms. The van der Waals surface area contributed by atoms with Gasteiger partial charge < -0.3 is 25.2 Å². The fraction of sp³-hybridized carbons (Fsp3) is 0.690. The van der Waals surface area contributed by atoms with Gasteiger partial charge in [-0.15, -0.1) is 0 Å². The van der Waals surface area contributed by atoms with E-state index in [4.69, 9.17) is 24.8 Å².